The zero-order chi connectivity index (χ0) is 13.0. The van der Waals surface area contributed by atoms with Gasteiger partial charge < -0.3 is 10.6 Å². The Morgan fingerprint density at radius 2 is 2.33 bits per heavy atom. The molecule has 1 amide bonds. The number of tetrazole rings is 1. The molecular formula is C10H15N7O. The van der Waals surface area contributed by atoms with Gasteiger partial charge in [-0.05, 0) is 23.8 Å². The molecule has 2 rings (SSSR count). The molecule has 1 atom stereocenters. The van der Waals surface area contributed by atoms with Crippen molar-refractivity contribution in [3.8, 4) is 0 Å². The third-order valence-corrected chi connectivity index (χ3v) is 2.42. The zero-order valence-corrected chi connectivity index (χ0v) is 10.3. The van der Waals surface area contributed by atoms with Gasteiger partial charge in [0.05, 0.1) is 12.4 Å². The SMILES string of the molecule is CCCNC(=O)C(C)Nc1cncc2nnnn12. The first-order chi connectivity index (χ1) is 8.72. The van der Waals surface area contributed by atoms with Crippen LogP contribution in [0.2, 0.25) is 0 Å². The summed E-state index contributed by atoms with van der Waals surface area (Å²) in [6.07, 6.45) is 4.03. The fourth-order valence-electron chi connectivity index (χ4n) is 1.46. The van der Waals surface area contributed by atoms with E-state index in [0.29, 0.717) is 18.0 Å². The van der Waals surface area contributed by atoms with Crippen molar-refractivity contribution < 1.29 is 4.79 Å². The summed E-state index contributed by atoms with van der Waals surface area (Å²) >= 11 is 0. The highest BCUT2D eigenvalue weighted by molar-refractivity contribution is 5.83. The summed E-state index contributed by atoms with van der Waals surface area (Å²) in [6.45, 7) is 4.44. The van der Waals surface area contributed by atoms with Crippen molar-refractivity contribution in [1.82, 2.24) is 30.3 Å². The molecule has 0 aliphatic carbocycles. The Labute approximate surface area is 104 Å². The number of aromatic nitrogens is 5. The monoisotopic (exact) mass is 249 g/mol. The number of amides is 1. The molecular weight excluding hydrogens is 234 g/mol. The molecule has 1 unspecified atom stereocenters. The minimum atomic E-state index is -0.381. The first-order valence-electron chi connectivity index (χ1n) is 5.78. The number of rotatable bonds is 5. The molecule has 0 spiro atoms. The second kappa shape index (κ2) is 5.39. The zero-order valence-electron chi connectivity index (χ0n) is 10.3. The highest BCUT2D eigenvalue weighted by Crippen LogP contribution is 2.07. The Hall–Kier alpha value is -2.25. The summed E-state index contributed by atoms with van der Waals surface area (Å²) in [5.74, 6) is 0.513. The summed E-state index contributed by atoms with van der Waals surface area (Å²) < 4.78 is 1.50. The number of anilines is 1. The molecule has 96 valence electrons. The van der Waals surface area contributed by atoms with Crippen molar-refractivity contribution in [2.45, 2.75) is 26.3 Å². The molecule has 2 N–H and O–H groups in total. The van der Waals surface area contributed by atoms with Crippen LogP contribution < -0.4 is 10.6 Å². The van der Waals surface area contributed by atoms with Gasteiger partial charge in [0.15, 0.2) is 11.5 Å². The van der Waals surface area contributed by atoms with Crippen LogP contribution in [-0.2, 0) is 4.79 Å². The molecule has 8 nitrogen and oxygen atoms in total. The third kappa shape index (κ3) is 2.53. The molecule has 0 aliphatic heterocycles. The van der Waals surface area contributed by atoms with Crippen LogP contribution >= 0.6 is 0 Å². The summed E-state index contributed by atoms with van der Waals surface area (Å²) in [6, 6.07) is -0.381. The molecule has 0 aromatic carbocycles. The third-order valence-electron chi connectivity index (χ3n) is 2.42. The van der Waals surface area contributed by atoms with Crippen LogP contribution in [0.3, 0.4) is 0 Å². The van der Waals surface area contributed by atoms with Crippen LogP contribution in [0.5, 0.6) is 0 Å². The minimum absolute atomic E-state index is 0.0677. The molecule has 0 radical (unpaired) electrons. The fourth-order valence-corrected chi connectivity index (χ4v) is 1.46. The van der Waals surface area contributed by atoms with Crippen LogP contribution in [0.15, 0.2) is 12.4 Å². The van der Waals surface area contributed by atoms with Crippen LogP contribution in [0.1, 0.15) is 20.3 Å². The van der Waals surface area contributed by atoms with Gasteiger partial charge in [-0.15, -0.1) is 5.10 Å². The molecule has 18 heavy (non-hydrogen) atoms. The number of nitrogens with zero attached hydrogens (tertiary/aromatic N) is 5. The van der Waals surface area contributed by atoms with Crippen molar-refractivity contribution in [2.75, 3.05) is 11.9 Å². The van der Waals surface area contributed by atoms with Crippen LogP contribution in [0.4, 0.5) is 5.82 Å². The van der Waals surface area contributed by atoms with Gasteiger partial charge in [-0.3, -0.25) is 9.78 Å². The van der Waals surface area contributed by atoms with Crippen molar-refractivity contribution >= 4 is 17.4 Å². The molecule has 2 aromatic heterocycles. The lowest BCUT2D eigenvalue weighted by atomic mass is 10.3. The molecule has 0 aliphatic rings. The summed E-state index contributed by atoms with van der Waals surface area (Å²) in [4.78, 5) is 15.7. The van der Waals surface area contributed by atoms with E-state index >= 15 is 0 Å². The summed E-state index contributed by atoms with van der Waals surface area (Å²) in [5, 5.41) is 17.0. The molecule has 2 heterocycles. The van der Waals surface area contributed by atoms with Crippen LogP contribution in [-0.4, -0.2) is 43.5 Å². The van der Waals surface area contributed by atoms with Crippen LogP contribution in [0.25, 0.3) is 5.65 Å². The Balaban J connectivity index is 2.09. The predicted octanol–water partition coefficient (Wildman–Crippen LogP) is -0.154. The van der Waals surface area contributed by atoms with Gasteiger partial charge in [-0.25, -0.2) is 0 Å². The van der Waals surface area contributed by atoms with E-state index in [1.807, 2.05) is 6.92 Å². The number of nitrogens with one attached hydrogen (secondary N) is 2. The Bertz CT molecular complexity index is 538. The second-order valence-electron chi connectivity index (χ2n) is 3.90. The largest absolute Gasteiger partial charge is 0.357 e. The average Bonchev–Trinajstić information content (AvgIpc) is 2.85. The second-order valence-corrected chi connectivity index (χ2v) is 3.90. The molecule has 0 saturated carbocycles. The highest BCUT2D eigenvalue weighted by Gasteiger charge is 2.14. The van der Waals surface area contributed by atoms with E-state index in [1.165, 1.54) is 4.52 Å². The van der Waals surface area contributed by atoms with Crippen molar-refractivity contribution in [1.29, 1.82) is 0 Å². The first-order valence-corrected chi connectivity index (χ1v) is 5.78. The fraction of sp³-hybridized carbons (Fsp3) is 0.500. The number of carbonyl (C=O) groups is 1. The maximum Gasteiger partial charge on any atom is 0.242 e. The van der Waals surface area contributed by atoms with E-state index in [9.17, 15) is 4.79 Å². The van der Waals surface area contributed by atoms with E-state index in [0.717, 1.165) is 6.42 Å². The standard InChI is InChI=1S/C10H15N7O/c1-3-4-12-10(18)7(2)13-8-5-11-6-9-14-15-16-17(8)9/h5-7,13H,3-4H2,1-2H3,(H,12,18). The lowest BCUT2D eigenvalue weighted by Crippen LogP contribution is -2.38. The molecule has 0 saturated heterocycles. The normalized spacial score (nSPS) is 12.3. The van der Waals surface area contributed by atoms with E-state index in [-0.39, 0.29) is 11.9 Å². The first kappa shape index (κ1) is 12.2. The van der Waals surface area contributed by atoms with E-state index < -0.39 is 0 Å². The topological polar surface area (TPSA) is 97.1 Å². The number of hydrogen-bond acceptors (Lipinski definition) is 6. The van der Waals surface area contributed by atoms with Crippen molar-refractivity contribution in [2.24, 2.45) is 0 Å². The quantitative estimate of drug-likeness (QED) is 0.764. The molecule has 0 fully saturated rings. The Morgan fingerprint density at radius 1 is 1.50 bits per heavy atom. The van der Waals surface area contributed by atoms with E-state index in [4.69, 9.17) is 0 Å². The van der Waals surface area contributed by atoms with Crippen molar-refractivity contribution in [3.63, 3.8) is 0 Å². The van der Waals surface area contributed by atoms with Gasteiger partial charge in [0.25, 0.3) is 0 Å². The summed E-state index contributed by atoms with van der Waals surface area (Å²) in [5.41, 5.74) is 0.529. The van der Waals surface area contributed by atoms with Crippen molar-refractivity contribution in [3.05, 3.63) is 12.4 Å². The Morgan fingerprint density at radius 3 is 3.11 bits per heavy atom. The van der Waals surface area contributed by atoms with Gasteiger partial charge in [-0.2, -0.15) is 4.52 Å². The summed E-state index contributed by atoms with van der Waals surface area (Å²) in [7, 11) is 0. The number of hydrogen-bond donors (Lipinski definition) is 2. The maximum atomic E-state index is 11.7. The van der Waals surface area contributed by atoms with Crippen LogP contribution in [0, 0.1) is 0 Å². The molecule has 8 heteroatoms. The van der Waals surface area contributed by atoms with Gasteiger partial charge in [-0.1, -0.05) is 6.92 Å². The molecule has 0 bridgehead atoms. The van der Waals surface area contributed by atoms with E-state index in [1.54, 1.807) is 19.3 Å². The van der Waals surface area contributed by atoms with Gasteiger partial charge in [0.1, 0.15) is 6.04 Å². The lowest BCUT2D eigenvalue weighted by molar-refractivity contribution is -0.121. The molecule has 2 aromatic rings. The Kier molecular flexibility index (Phi) is 3.66. The average molecular weight is 249 g/mol. The predicted molar refractivity (Wildman–Crippen MR) is 65.0 cm³/mol. The smallest absolute Gasteiger partial charge is 0.242 e. The number of fused-ring (bicyclic) bond motifs is 1. The van der Waals surface area contributed by atoms with E-state index in [2.05, 4.69) is 31.1 Å². The number of carbonyl (C=O) groups excluding carboxylic acids is 1. The van der Waals surface area contributed by atoms with Gasteiger partial charge in [0.2, 0.25) is 5.91 Å². The highest BCUT2D eigenvalue weighted by atomic mass is 16.2. The minimum Gasteiger partial charge on any atom is -0.357 e. The van der Waals surface area contributed by atoms with Gasteiger partial charge >= 0.3 is 0 Å². The maximum absolute atomic E-state index is 11.7. The van der Waals surface area contributed by atoms with Gasteiger partial charge in [0, 0.05) is 6.54 Å². The lowest BCUT2D eigenvalue weighted by Gasteiger charge is -2.14.